The number of carbonyl (C=O) groups is 1. The van der Waals surface area contributed by atoms with Gasteiger partial charge in [0.1, 0.15) is 22.8 Å². The minimum Gasteiger partial charge on any atom is -0.458 e. The van der Waals surface area contributed by atoms with Crippen LogP contribution in [0.5, 0.6) is 0 Å². The first-order valence-electron chi connectivity index (χ1n) is 7.78. The van der Waals surface area contributed by atoms with Crippen molar-refractivity contribution >= 4 is 28.5 Å². The number of hydrogen-bond donors (Lipinski definition) is 2. The maximum Gasteiger partial charge on any atom is 0.224 e. The average molecular weight is 362 g/mol. The van der Waals surface area contributed by atoms with Crippen LogP contribution >= 0.6 is 11.6 Å². The summed E-state index contributed by atoms with van der Waals surface area (Å²) in [5.41, 5.74) is -0.611. The second kappa shape index (κ2) is 6.86. The van der Waals surface area contributed by atoms with Gasteiger partial charge in [-0.1, -0.05) is 35.9 Å². The van der Waals surface area contributed by atoms with E-state index in [4.69, 9.17) is 16.0 Å². The zero-order valence-electron chi connectivity index (χ0n) is 13.6. The maximum absolute atomic E-state index is 13.7. The Labute approximate surface area is 149 Å². The fraction of sp³-hybridized carbons (Fsp3) is 0.211. The van der Waals surface area contributed by atoms with Gasteiger partial charge >= 0.3 is 0 Å². The number of fused-ring (bicyclic) bond motifs is 1. The van der Waals surface area contributed by atoms with E-state index in [0.717, 1.165) is 5.39 Å². The standard InChI is InChI=1S/C19H17ClFNO3/c1-19(24,17-9-12-5-2-3-8-16(12)25-17)11-22-18(23)10-13-14(20)6-4-7-15(13)21/h2-9,24H,10-11H2,1H3,(H,22,23). The van der Waals surface area contributed by atoms with Crippen LogP contribution in [0.2, 0.25) is 5.02 Å². The van der Waals surface area contributed by atoms with E-state index in [9.17, 15) is 14.3 Å². The Morgan fingerprint density at radius 2 is 2.04 bits per heavy atom. The van der Waals surface area contributed by atoms with Gasteiger partial charge in [0.05, 0.1) is 13.0 Å². The summed E-state index contributed by atoms with van der Waals surface area (Å²) >= 11 is 5.92. The van der Waals surface area contributed by atoms with Crippen molar-refractivity contribution in [2.45, 2.75) is 18.9 Å². The monoisotopic (exact) mass is 361 g/mol. The van der Waals surface area contributed by atoms with E-state index in [0.29, 0.717) is 11.3 Å². The van der Waals surface area contributed by atoms with Gasteiger partial charge in [-0.15, -0.1) is 0 Å². The molecule has 4 nitrogen and oxygen atoms in total. The quantitative estimate of drug-likeness (QED) is 0.726. The van der Waals surface area contributed by atoms with E-state index >= 15 is 0 Å². The third-order valence-electron chi connectivity index (χ3n) is 3.99. The van der Waals surface area contributed by atoms with Crippen molar-refractivity contribution in [2.75, 3.05) is 6.54 Å². The first-order valence-corrected chi connectivity index (χ1v) is 8.15. The van der Waals surface area contributed by atoms with Crippen LogP contribution in [-0.2, 0) is 16.8 Å². The van der Waals surface area contributed by atoms with Gasteiger partial charge in [0, 0.05) is 16.0 Å². The number of amides is 1. The molecular formula is C19H17ClFNO3. The largest absolute Gasteiger partial charge is 0.458 e. The number of halogens is 2. The second-order valence-electron chi connectivity index (χ2n) is 6.08. The van der Waals surface area contributed by atoms with Gasteiger partial charge in [0.25, 0.3) is 0 Å². The molecule has 0 saturated heterocycles. The molecule has 1 aromatic heterocycles. The van der Waals surface area contributed by atoms with E-state index in [-0.39, 0.29) is 23.6 Å². The van der Waals surface area contributed by atoms with Crippen LogP contribution in [0, 0.1) is 5.82 Å². The predicted octanol–water partition coefficient (Wildman–Crippen LogP) is 3.79. The van der Waals surface area contributed by atoms with Crippen molar-refractivity contribution in [1.82, 2.24) is 5.32 Å². The fourth-order valence-corrected chi connectivity index (χ4v) is 2.76. The maximum atomic E-state index is 13.7. The molecule has 0 radical (unpaired) electrons. The lowest BCUT2D eigenvalue weighted by atomic mass is 10.0. The lowest BCUT2D eigenvalue weighted by Gasteiger charge is -2.21. The molecule has 0 fully saturated rings. The van der Waals surface area contributed by atoms with Gasteiger partial charge < -0.3 is 14.8 Å². The number of furan rings is 1. The van der Waals surface area contributed by atoms with Crippen molar-refractivity contribution in [3.63, 3.8) is 0 Å². The molecule has 1 amide bonds. The molecule has 2 N–H and O–H groups in total. The van der Waals surface area contributed by atoms with Crippen LogP contribution in [0.4, 0.5) is 4.39 Å². The topological polar surface area (TPSA) is 62.5 Å². The molecule has 0 aliphatic rings. The van der Waals surface area contributed by atoms with Crippen LogP contribution in [0.3, 0.4) is 0 Å². The van der Waals surface area contributed by atoms with E-state index in [1.54, 1.807) is 19.1 Å². The SMILES string of the molecule is CC(O)(CNC(=O)Cc1c(F)cccc1Cl)c1cc2ccccc2o1. The van der Waals surface area contributed by atoms with Crippen molar-refractivity contribution in [1.29, 1.82) is 0 Å². The molecule has 130 valence electrons. The summed E-state index contributed by atoms with van der Waals surface area (Å²) in [6.07, 6.45) is -0.207. The molecule has 0 aliphatic heterocycles. The Morgan fingerprint density at radius 3 is 2.76 bits per heavy atom. The first kappa shape index (κ1) is 17.5. The van der Waals surface area contributed by atoms with Crippen molar-refractivity contribution < 1.29 is 18.7 Å². The molecule has 3 rings (SSSR count). The van der Waals surface area contributed by atoms with Gasteiger partial charge in [0.2, 0.25) is 5.91 Å². The summed E-state index contributed by atoms with van der Waals surface area (Å²) in [5.74, 6) is -0.631. The van der Waals surface area contributed by atoms with E-state index in [1.807, 2.05) is 18.2 Å². The highest BCUT2D eigenvalue weighted by molar-refractivity contribution is 6.31. The molecule has 0 spiro atoms. The number of carbonyl (C=O) groups excluding carboxylic acids is 1. The average Bonchev–Trinajstić information content (AvgIpc) is 3.02. The highest BCUT2D eigenvalue weighted by Crippen LogP contribution is 2.27. The molecule has 1 heterocycles. The van der Waals surface area contributed by atoms with E-state index in [2.05, 4.69) is 5.32 Å². The Kier molecular flexibility index (Phi) is 4.79. The number of benzene rings is 2. The minimum absolute atomic E-state index is 0.0717. The lowest BCUT2D eigenvalue weighted by Crippen LogP contribution is -2.39. The van der Waals surface area contributed by atoms with Gasteiger partial charge in [-0.2, -0.15) is 0 Å². The van der Waals surface area contributed by atoms with E-state index < -0.39 is 17.3 Å². The molecule has 1 unspecified atom stereocenters. The third kappa shape index (κ3) is 3.83. The highest BCUT2D eigenvalue weighted by Gasteiger charge is 2.28. The first-order chi connectivity index (χ1) is 11.9. The summed E-state index contributed by atoms with van der Waals surface area (Å²) in [6.45, 7) is 1.47. The number of nitrogens with one attached hydrogen (secondary N) is 1. The summed E-state index contributed by atoms with van der Waals surface area (Å²) < 4.78 is 19.4. The zero-order chi connectivity index (χ0) is 18.0. The predicted molar refractivity (Wildman–Crippen MR) is 93.9 cm³/mol. The van der Waals surface area contributed by atoms with Crippen LogP contribution in [0.15, 0.2) is 52.9 Å². The highest BCUT2D eigenvalue weighted by atomic mass is 35.5. The van der Waals surface area contributed by atoms with Crippen molar-refractivity contribution in [2.24, 2.45) is 0 Å². The minimum atomic E-state index is -1.40. The summed E-state index contributed by atoms with van der Waals surface area (Å²) in [6, 6.07) is 13.4. The summed E-state index contributed by atoms with van der Waals surface area (Å²) in [5, 5.41) is 14.3. The smallest absolute Gasteiger partial charge is 0.224 e. The molecule has 0 bridgehead atoms. The Balaban J connectivity index is 1.68. The summed E-state index contributed by atoms with van der Waals surface area (Å²) in [7, 11) is 0. The lowest BCUT2D eigenvalue weighted by molar-refractivity contribution is -0.121. The summed E-state index contributed by atoms with van der Waals surface area (Å²) in [4.78, 5) is 12.1. The molecule has 0 aliphatic carbocycles. The van der Waals surface area contributed by atoms with Crippen LogP contribution < -0.4 is 5.32 Å². The van der Waals surface area contributed by atoms with E-state index in [1.165, 1.54) is 18.2 Å². The molecule has 1 atom stereocenters. The van der Waals surface area contributed by atoms with Crippen LogP contribution in [0.25, 0.3) is 11.0 Å². The molecule has 6 heteroatoms. The molecule has 0 saturated carbocycles. The van der Waals surface area contributed by atoms with Gasteiger partial charge in [0.15, 0.2) is 0 Å². The second-order valence-corrected chi connectivity index (χ2v) is 6.48. The Hall–Kier alpha value is -2.37. The fourth-order valence-electron chi connectivity index (χ4n) is 2.53. The van der Waals surface area contributed by atoms with Crippen molar-refractivity contribution in [3.05, 3.63) is 70.7 Å². The number of hydrogen-bond acceptors (Lipinski definition) is 3. The van der Waals surface area contributed by atoms with Crippen molar-refractivity contribution in [3.8, 4) is 0 Å². The third-order valence-corrected chi connectivity index (χ3v) is 4.34. The molecule has 3 aromatic rings. The van der Waals surface area contributed by atoms with Gasteiger partial charge in [-0.3, -0.25) is 4.79 Å². The number of para-hydroxylation sites is 1. The van der Waals surface area contributed by atoms with Crippen LogP contribution in [-0.4, -0.2) is 17.6 Å². The molecule has 25 heavy (non-hydrogen) atoms. The number of aliphatic hydroxyl groups is 1. The Morgan fingerprint density at radius 1 is 1.28 bits per heavy atom. The van der Waals surface area contributed by atoms with Gasteiger partial charge in [-0.25, -0.2) is 4.39 Å². The normalized spacial score (nSPS) is 13.6. The number of rotatable bonds is 5. The van der Waals surface area contributed by atoms with Gasteiger partial charge in [-0.05, 0) is 31.2 Å². The zero-order valence-corrected chi connectivity index (χ0v) is 14.3. The molecular weight excluding hydrogens is 345 g/mol. The van der Waals surface area contributed by atoms with Crippen LogP contribution in [0.1, 0.15) is 18.2 Å². The Bertz CT molecular complexity index is 867. The molecule has 2 aromatic carbocycles.